The summed E-state index contributed by atoms with van der Waals surface area (Å²) >= 11 is 0. The van der Waals surface area contributed by atoms with Gasteiger partial charge in [-0.25, -0.2) is 0 Å². The molecule has 182 valence electrons. The first-order valence-electron chi connectivity index (χ1n) is 13.2. The van der Waals surface area contributed by atoms with Gasteiger partial charge in [-0.05, 0) is 76.9 Å². The Hall–Kier alpha value is -3.13. The van der Waals surface area contributed by atoms with Crippen molar-refractivity contribution < 1.29 is 9.53 Å². The molecule has 0 aliphatic rings. The van der Waals surface area contributed by atoms with E-state index < -0.39 is 5.41 Å². The number of carbonyl (C=O) groups is 1. The molecule has 0 spiro atoms. The minimum absolute atomic E-state index is 0.116. The maximum atomic E-state index is 13.0. The Labute approximate surface area is 210 Å². The van der Waals surface area contributed by atoms with Crippen LogP contribution in [0.2, 0.25) is 0 Å². The van der Waals surface area contributed by atoms with Crippen LogP contribution < -0.4 is 0 Å². The van der Waals surface area contributed by atoms with Crippen molar-refractivity contribution in [3.05, 3.63) is 95.6 Å². The van der Waals surface area contributed by atoms with Gasteiger partial charge in [-0.3, -0.25) is 4.79 Å². The summed E-state index contributed by atoms with van der Waals surface area (Å²) in [6.07, 6.45) is 3.43. The number of hydrogen-bond acceptors (Lipinski definition) is 2. The lowest BCUT2D eigenvalue weighted by Gasteiger charge is -2.36. The van der Waals surface area contributed by atoms with Crippen LogP contribution in [-0.4, -0.2) is 12.6 Å². The Balaban J connectivity index is 1.94. The zero-order valence-electron chi connectivity index (χ0n) is 21.9. The lowest BCUT2D eigenvalue weighted by molar-refractivity contribution is -0.150. The molecule has 2 heteroatoms. The highest BCUT2D eigenvalue weighted by Gasteiger charge is 2.39. The average Bonchev–Trinajstić information content (AvgIpc) is 2.91. The van der Waals surface area contributed by atoms with Gasteiger partial charge in [-0.15, -0.1) is 0 Å². The number of esters is 1. The Morgan fingerprint density at radius 3 is 1.60 bits per heavy atom. The minimum Gasteiger partial charge on any atom is -0.465 e. The third kappa shape index (κ3) is 4.03. The van der Waals surface area contributed by atoms with Crippen molar-refractivity contribution in [3.8, 4) is 0 Å². The molecular weight excluding hydrogens is 428 g/mol. The molecule has 0 heterocycles. The van der Waals surface area contributed by atoms with Crippen LogP contribution in [-0.2, 0) is 20.4 Å². The molecule has 0 bridgehead atoms. The highest BCUT2D eigenvalue weighted by atomic mass is 16.5. The molecule has 0 N–H and O–H groups in total. The molecule has 0 aliphatic heterocycles. The highest BCUT2D eigenvalue weighted by Crippen LogP contribution is 2.46. The maximum absolute atomic E-state index is 13.0. The van der Waals surface area contributed by atoms with Gasteiger partial charge in [0.1, 0.15) is 0 Å². The molecule has 0 aromatic heterocycles. The predicted octanol–water partition coefficient (Wildman–Crippen LogP) is 8.72. The van der Waals surface area contributed by atoms with Crippen LogP contribution in [0.5, 0.6) is 0 Å². The van der Waals surface area contributed by atoms with Gasteiger partial charge in [0.05, 0.1) is 12.0 Å². The molecule has 35 heavy (non-hydrogen) atoms. The number of benzene rings is 4. The Kier molecular flexibility index (Phi) is 7.31. The van der Waals surface area contributed by atoms with Crippen molar-refractivity contribution in [1.29, 1.82) is 0 Å². The molecule has 2 nitrogen and oxygen atoms in total. The first kappa shape index (κ1) is 25.0. The molecule has 4 rings (SSSR count). The van der Waals surface area contributed by atoms with Gasteiger partial charge in [0.15, 0.2) is 0 Å². The molecule has 0 fully saturated rings. The third-order valence-electron chi connectivity index (χ3n) is 8.32. The molecule has 0 atom stereocenters. The van der Waals surface area contributed by atoms with E-state index in [1.54, 1.807) is 0 Å². The second-order valence-corrected chi connectivity index (χ2v) is 9.57. The van der Waals surface area contributed by atoms with E-state index in [2.05, 4.69) is 107 Å². The fraction of sp³-hybridized carbons (Fsp3) is 0.364. The zero-order chi connectivity index (χ0) is 25.1. The van der Waals surface area contributed by atoms with Gasteiger partial charge in [0.25, 0.3) is 0 Å². The van der Waals surface area contributed by atoms with E-state index in [1.165, 1.54) is 32.7 Å². The second kappa shape index (κ2) is 10.2. The van der Waals surface area contributed by atoms with Crippen LogP contribution in [0.4, 0.5) is 0 Å². The van der Waals surface area contributed by atoms with Gasteiger partial charge < -0.3 is 4.74 Å². The summed E-state index contributed by atoms with van der Waals surface area (Å²) in [5.74, 6) is -0.116. The minimum atomic E-state index is -0.595. The predicted molar refractivity (Wildman–Crippen MR) is 148 cm³/mol. The summed E-state index contributed by atoms with van der Waals surface area (Å²) in [6, 6.07) is 28.7. The summed E-state index contributed by atoms with van der Waals surface area (Å²) in [5.41, 5.74) is 3.03. The molecular formula is C33H38O2. The lowest BCUT2D eigenvalue weighted by Crippen LogP contribution is -2.36. The van der Waals surface area contributed by atoms with Crippen molar-refractivity contribution >= 4 is 27.5 Å². The van der Waals surface area contributed by atoms with Gasteiger partial charge in [0.2, 0.25) is 0 Å². The van der Waals surface area contributed by atoms with E-state index in [4.69, 9.17) is 4.74 Å². The number of fused-ring (bicyclic) bond motifs is 2. The summed E-state index contributed by atoms with van der Waals surface area (Å²) in [5, 5.41) is 5.20. The van der Waals surface area contributed by atoms with Crippen molar-refractivity contribution in [2.45, 2.75) is 71.1 Å². The number of hydrogen-bond donors (Lipinski definition) is 0. The van der Waals surface area contributed by atoms with E-state index >= 15 is 0 Å². The summed E-state index contributed by atoms with van der Waals surface area (Å²) in [4.78, 5) is 13.0. The van der Waals surface area contributed by atoms with Crippen molar-refractivity contribution in [1.82, 2.24) is 0 Å². The molecule has 0 aliphatic carbocycles. The average molecular weight is 467 g/mol. The highest BCUT2D eigenvalue weighted by molar-refractivity contribution is 6.03. The molecule has 0 saturated carbocycles. The van der Waals surface area contributed by atoms with Gasteiger partial charge in [-0.2, -0.15) is 0 Å². The number of carbonyl (C=O) groups excluding carboxylic acids is 1. The summed E-state index contributed by atoms with van der Waals surface area (Å²) < 4.78 is 5.51. The van der Waals surface area contributed by atoms with E-state index in [-0.39, 0.29) is 11.4 Å². The topological polar surface area (TPSA) is 26.3 Å². The van der Waals surface area contributed by atoms with Gasteiger partial charge >= 0.3 is 5.97 Å². The molecule has 0 saturated heterocycles. The molecule has 4 aromatic rings. The van der Waals surface area contributed by atoms with Crippen LogP contribution in [0.15, 0.2) is 78.9 Å². The van der Waals surface area contributed by atoms with Crippen molar-refractivity contribution in [3.63, 3.8) is 0 Å². The normalized spacial score (nSPS) is 12.3. The Morgan fingerprint density at radius 1 is 0.657 bits per heavy atom. The molecule has 0 amide bonds. The first-order chi connectivity index (χ1) is 17.0. The van der Waals surface area contributed by atoms with Crippen LogP contribution in [0.25, 0.3) is 21.5 Å². The SMILES string of the molecule is CCOC(=O)C(CC)(CC)c1ccc(C(CC)(CC)c2c3ccccc3cc3ccccc23)cc1. The number of rotatable bonds is 9. The van der Waals surface area contributed by atoms with Crippen LogP contribution in [0, 0.1) is 0 Å². The standard InChI is InChI=1S/C33H38O2/c1-6-32(7-2,26-19-21-27(22-20-26)33(8-3,9-4)31(34)35-10-5)30-28-17-13-11-15-24(28)23-25-16-12-14-18-29(25)30/h11-23H,6-10H2,1-5H3. The Bertz CT molecular complexity index is 1250. The molecule has 0 radical (unpaired) electrons. The summed E-state index contributed by atoms with van der Waals surface area (Å²) in [6.45, 7) is 11.0. The van der Waals surface area contributed by atoms with Crippen LogP contribution in [0.3, 0.4) is 0 Å². The molecule has 0 unspecified atom stereocenters. The lowest BCUT2D eigenvalue weighted by atomic mass is 9.67. The quantitative estimate of drug-likeness (QED) is 0.182. The van der Waals surface area contributed by atoms with Gasteiger partial charge in [-0.1, -0.05) is 100 Å². The van der Waals surface area contributed by atoms with Crippen LogP contribution in [0.1, 0.15) is 77.0 Å². The Morgan fingerprint density at radius 2 is 1.14 bits per heavy atom. The van der Waals surface area contributed by atoms with Crippen molar-refractivity contribution in [2.75, 3.05) is 6.61 Å². The summed E-state index contributed by atoms with van der Waals surface area (Å²) in [7, 11) is 0. The zero-order valence-corrected chi connectivity index (χ0v) is 21.9. The van der Waals surface area contributed by atoms with Crippen molar-refractivity contribution in [2.24, 2.45) is 0 Å². The van der Waals surface area contributed by atoms with E-state index in [0.717, 1.165) is 31.2 Å². The van der Waals surface area contributed by atoms with Gasteiger partial charge in [0, 0.05) is 5.41 Å². The smallest absolute Gasteiger partial charge is 0.316 e. The van der Waals surface area contributed by atoms with Crippen LogP contribution >= 0.6 is 0 Å². The fourth-order valence-electron chi connectivity index (χ4n) is 6.13. The third-order valence-corrected chi connectivity index (χ3v) is 8.32. The maximum Gasteiger partial charge on any atom is 0.316 e. The van der Waals surface area contributed by atoms with E-state index in [1.807, 2.05) is 6.92 Å². The monoisotopic (exact) mass is 466 g/mol. The first-order valence-corrected chi connectivity index (χ1v) is 13.2. The van der Waals surface area contributed by atoms with E-state index in [9.17, 15) is 4.79 Å². The number of ether oxygens (including phenoxy) is 1. The largest absolute Gasteiger partial charge is 0.465 e. The fourth-order valence-corrected chi connectivity index (χ4v) is 6.13. The second-order valence-electron chi connectivity index (χ2n) is 9.57. The molecule has 4 aromatic carbocycles. The van der Waals surface area contributed by atoms with E-state index in [0.29, 0.717) is 6.61 Å².